The van der Waals surface area contributed by atoms with Gasteiger partial charge >= 0.3 is 6.09 Å². The minimum atomic E-state index is -0.536. The number of para-hydroxylation sites is 2. The Balaban J connectivity index is 2.01. The maximum absolute atomic E-state index is 11.9. The number of hydrogen-bond acceptors (Lipinski definition) is 5. The minimum Gasteiger partial charge on any atom is -0.444 e. The second-order valence-corrected chi connectivity index (χ2v) is 5.91. The zero-order valence-electron chi connectivity index (χ0n) is 13.3. The lowest BCUT2D eigenvalue weighted by molar-refractivity contribution is 0.0636. The van der Waals surface area contributed by atoms with E-state index in [4.69, 9.17) is 4.74 Å². The molecule has 1 aromatic carbocycles. The van der Waals surface area contributed by atoms with E-state index in [1.807, 2.05) is 58.3 Å². The molecule has 2 N–H and O–H groups in total. The fraction of sp³-hybridized carbons (Fsp3) is 0.400. The molecule has 0 atom stereocenters. The molecule has 1 aromatic heterocycles. The van der Waals surface area contributed by atoms with Crippen LogP contribution in [0.25, 0.3) is 0 Å². The summed E-state index contributed by atoms with van der Waals surface area (Å²) in [7, 11) is 1.81. The van der Waals surface area contributed by atoms with Crippen LogP contribution in [-0.4, -0.2) is 26.7 Å². The van der Waals surface area contributed by atoms with Gasteiger partial charge in [-0.2, -0.15) is 0 Å². The summed E-state index contributed by atoms with van der Waals surface area (Å²) in [5, 5.41) is 13.9. The van der Waals surface area contributed by atoms with Gasteiger partial charge in [0, 0.05) is 13.2 Å². The summed E-state index contributed by atoms with van der Waals surface area (Å²) in [5.41, 5.74) is 1.72. The second kappa shape index (κ2) is 6.46. The lowest BCUT2D eigenvalue weighted by Gasteiger charge is -2.20. The van der Waals surface area contributed by atoms with Crippen molar-refractivity contribution in [3.8, 4) is 0 Å². The highest BCUT2D eigenvalue weighted by atomic mass is 16.6. The minimum absolute atomic E-state index is 0.485. The molecule has 2 rings (SSSR count). The van der Waals surface area contributed by atoms with Gasteiger partial charge < -0.3 is 10.1 Å². The molecule has 7 nitrogen and oxygen atoms in total. The molecule has 2 aromatic rings. The van der Waals surface area contributed by atoms with E-state index in [9.17, 15) is 4.79 Å². The number of aryl methyl sites for hydroxylation is 1. The predicted octanol–water partition coefficient (Wildman–Crippen LogP) is 2.77. The van der Waals surface area contributed by atoms with Crippen LogP contribution in [0.2, 0.25) is 0 Å². The van der Waals surface area contributed by atoms with Crippen molar-refractivity contribution in [1.29, 1.82) is 0 Å². The highest BCUT2D eigenvalue weighted by Gasteiger charge is 2.17. The Morgan fingerprint density at radius 3 is 2.55 bits per heavy atom. The first-order chi connectivity index (χ1) is 10.3. The molecule has 0 aliphatic heterocycles. The third-order valence-electron chi connectivity index (χ3n) is 2.67. The standard InChI is InChI=1S/C15H21N5O2/c1-15(2,3)22-14(21)17-13-8-6-5-7-12(13)16-9-11-10-20(4)19-18-11/h5-8,10,16H,9H2,1-4H3,(H,17,21). The Morgan fingerprint density at radius 2 is 1.95 bits per heavy atom. The lowest BCUT2D eigenvalue weighted by Crippen LogP contribution is -2.27. The zero-order chi connectivity index (χ0) is 16.2. The van der Waals surface area contributed by atoms with Crippen LogP contribution in [0.3, 0.4) is 0 Å². The number of benzene rings is 1. The summed E-state index contributed by atoms with van der Waals surface area (Å²) in [6, 6.07) is 7.42. The topological polar surface area (TPSA) is 81.1 Å². The van der Waals surface area contributed by atoms with Crippen molar-refractivity contribution in [1.82, 2.24) is 15.0 Å². The number of amides is 1. The van der Waals surface area contributed by atoms with Crippen LogP contribution in [0.15, 0.2) is 30.5 Å². The first kappa shape index (κ1) is 15.8. The summed E-state index contributed by atoms with van der Waals surface area (Å²) in [6.07, 6.45) is 1.35. The normalized spacial score (nSPS) is 11.1. The van der Waals surface area contributed by atoms with Gasteiger partial charge in [0.05, 0.1) is 17.9 Å². The van der Waals surface area contributed by atoms with Crippen molar-refractivity contribution in [2.24, 2.45) is 7.05 Å². The number of aromatic nitrogens is 3. The summed E-state index contributed by atoms with van der Waals surface area (Å²) in [6.45, 7) is 5.99. The molecular weight excluding hydrogens is 282 g/mol. The van der Waals surface area contributed by atoms with E-state index in [1.165, 1.54) is 0 Å². The molecule has 0 fully saturated rings. The van der Waals surface area contributed by atoms with Crippen molar-refractivity contribution in [2.75, 3.05) is 10.6 Å². The maximum Gasteiger partial charge on any atom is 0.412 e. The van der Waals surface area contributed by atoms with E-state index in [0.717, 1.165) is 11.4 Å². The van der Waals surface area contributed by atoms with Crippen molar-refractivity contribution in [3.63, 3.8) is 0 Å². The zero-order valence-corrected chi connectivity index (χ0v) is 13.3. The molecule has 0 aliphatic rings. The van der Waals surface area contributed by atoms with E-state index < -0.39 is 11.7 Å². The fourth-order valence-electron chi connectivity index (χ4n) is 1.82. The van der Waals surface area contributed by atoms with Crippen LogP contribution >= 0.6 is 0 Å². The number of hydrogen-bond donors (Lipinski definition) is 2. The number of ether oxygens (including phenoxy) is 1. The van der Waals surface area contributed by atoms with Crippen molar-refractivity contribution in [3.05, 3.63) is 36.2 Å². The molecule has 0 radical (unpaired) electrons. The van der Waals surface area contributed by atoms with Crippen molar-refractivity contribution < 1.29 is 9.53 Å². The van der Waals surface area contributed by atoms with Gasteiger partial charge in [-0.3, -0.25) is 10.00 Å². The average Bonchev–Trinajstić information content (AvgIpc) is 2.81. The van der Waals surface area contributed by atoms with E-state index in [2.05, 4.69) is 20.9 Å². The SMILES string of the molecule is Cn1cc(CNc2ccccc2NC(=O)OC(C)(C)C)nn1. The maximum atomic E-state index is 11.9. The first-order valence-electron chi connectivity index (χ1n) is 7.01. The number of rotatable bonds is 4. The third kappa shape index (κ3) is 4.76. The Hall–Kier alpha value is -2.57. The second-order valence-electron chi connectivity index (χ2n) is 5.91. The van der Waals surface area contributed by atoms with Crippen LogP contribution in [0.4, 0.5) is 16.2 Å². The van der Waals surface area contributed by atoms with E-state index in [0.29, 0.717) is 12.2 Å². The number of carbonyl (C=O) groups is 1. The van der Waals surface area contributed by atoms with Gasteiger partial charge in [0.1, 0.15) is 11.3 Å². The molecule has 7 heteroatoms. The van der Waals surface area contributed by atoms with Crippen LogP contribution in [0.1, 0.15) is 26.5 Å². The Labute approximate surface area is 129 Å². The van der Waals surface area contributed by atoms with Crippen LogP contribution < -0.4 is 10.6 Å². The largest absolute Gasteiger partial charge is 0.444 e. The van der Waals surface area contributed by atoms with E-state index in [1.54, 1.807) is 4.68 Å². The number of anilines is 2. The van der Waals surface area contributed by atoms with E-state index in [-0.39, 0.29) is 0 Å². The highest BCUT2D eigenvalue weighted by molar-refractivity contribution is 5.89. The fourth-order valence-corrected chi connectivity index (χ4v) is 1.82. The van der Waals surface area contributed by atoms with Gasteiger partial charge in [0.15, 0.2) is 0 Å². The third-order valence-corrected chi connectivity index (χ3v) is 2.67. The molecule has 0 aliphatic carbocycles. The van der Waals surface area contributed by atoms with Crippen molar-refractivity contribution >= 4 is 17.5 Å². The molecular formula is C15H21N5O2. The molecule has 22 heavy (non-hydrogen) atoms. The smallest absolute Gasteiger partial charge is 0.412 e. The molecule has 0 saturated carbocycles. The Kier molecular flexibility index (Phi) is 4.65. The molecule has 1 amide bonds. The van der Waals surface area contributed by atoms with Crippen LogP contribution in [0.5, 0.6) is 0 Å². The van der Waals surface area contributed by atoms with E-state index >= 15 is 0 Å². The van der Waals surface area contributed by atoms with Gasteiger partial charge in [-0.05, 0) is 32.9 Å². The summed E-state index contributed by atoms with van der Waals surface area (Å²) in [5.74, 6) is 0. The first-order valence-corrected chi connectivity index (χ1v) is 7.01. The average molecular weight is 303 g/mol. The highest BCUT2D eigenvalue weighted by Crippen LogP contribution is 2.22. The van der Waals surface area contributed by atoms with Crippen molar-refractivity contribution in [2.45, 2.75) is 32.9 Å². The molecule has 0 bridgehead atoms. The van der Waals surface area contributed by atoms with Gasteiger partial charge in [-0.25, -0.2) is 4.79 Å². The lowest BCUT2D eigenvalue weighted by atomic mass is 10.2. The predicted molar refractivity (Wildman–Crippen MR) is 84.6 cm³/mol. The van der Waals surface area contributed by atoms with Gasteiger partial charge in [-0.15, -0.1) is 5.10 Å². The molecule has 0 spiro atoms. The number of nitrogens with one attached hydrogen (secondary N) is 2. The number of carbonyl (C=O) groups excluding carboxylic acids is 1. The Morgan fingerprint density at radius 1 is 1.27 bits per heavy atom. The molecule has 118 valence electrons. The van der Waals surface area contributed by atoms with Crippen LogP contribution in [0, 0.1) is 0 Å². The monoisotopic (exact) mass is 303 g/mol. The summed E-state index contributed by atoms with van der Waals surface area (Å²) < 4.78 is 6.90. The number of nitrogens with zero attached hydrogens (tertiary/aromatic N) is 3. The quantitative estimate of drug-likeness (QED) is 0.907. The Bertz CT molecular complexity index is 645. The summed E-state index contributed by atoms with van der Waals surface area (Å²) >= 11 is 0. The molecule has 1 heterocycles. The van der Waals surface area contributed by atoms with Gasteiger partial charge in [-0.1, -0.05) is 17.3 Å². The molecule has 0 unspecified atom stereocenters. The summed E-state index contributed by atoms with van der Waals surface area (Å²) in [4.78, 5) is 11.9. The molecule has 0 saturated heterocycles. The van der Waals surface area contributed by atoms with Gasteiger partial charge in [0.25, 0.3) is 0 Å². The van der Waals surface area contributed by atoms with Crippen LogP contribution in [-0.2, 0) is 18.3 Å². The van der Waals surface area contributed by atoms with Gasteiger partial charge in [0.2, 0.25) is 0 Å².